The largest absolute Gasteiger partial charge is 0.368 e. The molecule has 1 unspecified atom stereocenters. The summed E-state index contributed by atoms with van der Waals surface area (Å²) < 4.78 is 0. The first-order chi connectivity index (χ1) is 7.95. The Balaban J connectivity index is 0. The molecule has 5 nitrogen and oxygen atoms in total. The van der Waals surface area contributed by atoms with E-state index in [1.807, 2.05) is 32.8 Å². The molecule has 0 fully saturated rings. The highest BCUT2D eigenvalue weighted by Gasteiger charge is 2.16. The molecule has 1 atom stereocenters. The van der Waals surface area contributed by atoms with Gasteiger partial charge in [0.2, 0.25) is 11.8 Å². The number of hydrogen-bond donors (Lipinski definition) is 2. The SMILES string of the molecule is CC.CC(=O)NCCCCC(C(N)=O)N(C)C. The van der Waals surface area contributed by atoms with E-state index >= 15 is 0 Å². The number of nitrogens with one attached hydrogen (secondary N) is 1. The zero-order valence-electron chi connectivity index (χ0n) is 11.7. The molecular formula is C12H27N3O2. The van der Waals surface area contributed by atoms with Crippen molar-refractivity contribution in [2.45, 2.75) is 46.1 Å². The Morgan fingerprint density at radius 1 is 1.24 bits per heavy atom. The minimum absolute atomic E-state index is 0.0194. The number of rotatable bonds is 7. The van der Waals surface area contributed by atoms with Gasteiger partial charge in [0.25, 0.3) is 0 Å². The topological polar surface area (TPSA) is 75.4 Å². The second-order valence-electron chi connectivity index (χ2n) is 3.86. The molecule has 5 heteroatoms. The van der Waals surface area contributed by atoms with Gasteiger partial charge in [-0.15, -0.1) is 0 Å². The van der Waals surface area contributed by atoms with Crippen LogP contribution in [0, 0.1) is 0 Å². The summed E-state index contributed by atoms with van der Waals surface area (Å²) in [6, 6.07) is -0.206. The van der Waals surface area contributed by atoms with Crippen LogP contribution in [0.2, 0.25) is 0 Å². The Bertz CT molecular complexity index is 218. The van der Waals surface area contributed by atoms with Crippen LogP contribution in [0.3, 0.4) is 0 Å². The smallest absolute Gasteiger partial charge is 0.234 e. The van der Waals surface area contributed by atoms with E-state index in [4.69, 9.17) is 5.73 Å². The van der Waals surface area contributed by atoms with E-state index in [0.717, 1.165) is 19.3 Å². The predicted molar refractivity (Wildman–Crippen MR) is 70.6 cm³/mol. The van der Waals surface area contributed by atoms with Gasteiger partial charge in [-0.25, -0.2) is 0 Å². The molecule has 2 amide bonds. The molecule has 0 heterocycles. The lowest BCUT2D eigenvalue weighted by atomic mass is 10.1. The van der Waals surface area contributed by atoms with Crippen molar-refractivity contribution in [2.24, 2.45) is 5.73 Å². The highest BCUT2D eigenvalue weighted by molar-refractivity contribution is 5.79. The molecule has 0 saturated carbocycles. The average molecular weight is 245 g/mol. The summed E-state index contributed by atoms with van der Waals surface area (Å²) in [6.07, 6.45) is 2.49. The Morgan fingerprint density at radius 3 is 2.12 bits per heavy atom. The minimum Gasteiger partial charge on any atom is -0.368 e. The monoisotopic (exact) mass is 245 g/mol. The predicted octanol–water partition coefficient (Wildman–Crippen LogP) is 0.735. The summed E-state index contributed by atoms with van der Waals surface area (Å²) >= 11 is 0. The second-order valence-corrected chi connectivity index (χ2v) is 3.86. The number of primary amides is 1. The van der Waals surface area contributed by atoms with Gasteiger partial charge in [0.1, 0.15) is 0 Å². The van der Waals surface area contributed by atoms with E-state index < -0.39 is 0 Å². The summed E-state index contributed by atoms with van der Waals surface area (Å²) in [5.74, 6) is -0.311. The van der Waals surface area contributed by atoms with Crippen LogP contribution in [0.4, 0.5) is 0 Å². The molecule has 0 bridgehead atoms. The summed E-state index contributed by atoms with van der Waals surface area (Å²) in [6.45, 7) is 6.15. The van der Waals surface area contributed by atoms with E-state index in [2.05, 4.69) is 5.32 Å². The Labute approximate surface area is 105 Å². The summed E-state index contributed by atoms with van der Waals surface area (Å²) in [5.41, 5.74) is 5.25. The first-order valence-electron chi connectivity index (χ1n) is 6.15. The summed E-state index contributed by atoms with van der Waals surface area (Å²) in [7, 11) is 3.67. The fraction of sp³-hybridized carbons (Fsp3) is 0.833. The maximum Gasteiger partial charge on any atom is 0.234 e. The van der Waals surface area contributed by atoms with Crippen molar-refractivity contribution < 1.29 is 9.59 Å². The fourth-order valence-corrected chi connectivity index (χ4v) is 1.38. The van der Waals surface area contributed by atoms with Gasteiger partial charge < -0.3 is 11.1 Å². The number of nitrogens with two attached hydrogens (primary N) is 1. The van der Waals surface area contributed by atoms with Crippen molar-refractivity contribution in [1.82, 2.24) is 10.2 Å². The van der Waals surface area contributed by atoms with Gasteiger partial charge in [0, 0.05) is 13.5 Å². The van der Waals surface area contributed by atoms with Crippen molar-refractivity contribution >= 4 is 11.8 Å². The summed E-state index contributed by atoms with van der Waals surface area (Å²) in [5, 5.41) is 2.71. The third-order valence-corrected chi connectivity index (χ3v) is 2.23. The normalized spacial score (nSPS) is 11.4. The third-order valence-electron chi connectivity index (χ3n) is 2.23. The molecule has 17 heavy (non-hydrogen) atoms. The quantitative estimate of drug-likeness (QED) is 0.649. The van der Waals surface area contributed by atoms with Crippen LogP contribution < -0.4 is 11.1 Å². The highest BCUT2D eigenvalue weighted by atomic mass is 16.2. The van der Waals surface area contributed by atoms with Crippen LogP contribution in [0.1, 0.15) is 40.0 Å². The Kier molecular flexibility index (Phi) is 12.2. The first kappa shape index (κ1) is 18.3. The van der Waals surface area contributed by atoms with Crippen LogP contribution in [-0.4, -0.2) is 43.4 Å². The molecule has 3 N–H and O–H groups in total. The molecule has 102 valence electrons. The Hall–Kier alpha value is -1.10. The maximum atomic E-state index is 11.0. The van der Waals surface area contributed by atoms with Crippen LogP contribution in [0.25, 0.3) is 0 Å². The molecule has 0 aliphatic carbocycles. The fourth-order valence-electron chi connectivity index (χ4n) is 1.38. The van der Waals surface area contributed by atoms with Crippen LogP contribution in [-0.2, 0) is 9.59 Å². The molecule has 0 aliphatic rings. The minimum atomic E-state index is -0.292. The van der Waals surface area contributed by atoms with Crippen molar-refractivity contribution in [3.63, 3.8) is 0 Å². The lowest BCUT2D eigenvalue weighted by Gasteiger charge is -2.20. The molecule has 0 rings (SSSR count). The van der Waals surface area contributed by atoms with E-state index in [1.54, 1.807) is 0 Å². The number of amides is 2. The van der Waals surface area contributed by atoms with E-state index in [0.29, 0.717) is 6.54 Å². The van der Waals surface area contributed by atoms with Crippen LogP contribution in [0.15, 0.2) is 0 Å². The Morgan fingerprint density at radius 2 is 1.76 bits per heavy atom. The van der Waals surface area contributed by atoms with E-state index in [9.17, 15) is 9.59 Å². The first-order valence-corrected chi connectivity index (χ1v) is 6.15. The van der Waals surface area contributed by atoms with Gasteiger partial charge in [0.05, 0.1) is 6.04 Å². The zero-order chi connectivity index (χ0) is 13.8. The molecule has 0 saturated heterocycles. The van der Waals surface area contributed by atoms with Crippen LogP contribution in [0.5, 0.6) is 0 Å². The summed E-state index contributed by atoms with van der Waals surface area (Å²) in [4.78, 5) is 23.4. The lowest BCUT2D eigenvalue weighted by molar-refractivity contribution is -0.122. The van der Waals surface area contributed by atoms with Crippen LogP contribution >= 0.6 is 0 Å². The third kappa shape index (κ3) is 11.2. The maximum absolute atomic E-state index is 11.0. The number of hydrogen-bond acceptors (Lipinski definition) is 3. The number of carbonyl (C=O) groups is 2. The molecule has 0 aromatic carbocycles. The molecule has 0 radical (unpaired) electrons. The van der Waals surface area contributed by atoms with Gasteiger partial charge in [-0.05, 0) is 33.4 Å². The average Bonchev–Trinajstić information content (AvgIpc) is 2.24. The van der Waals surface area contributed by atoms with Gasteiger partial charge in [0.15, 0.2) is 0 Å². The van der Waals surface area contributed by atoms with Crippen molar-refractivity contribution in [3.05, 3.63) is 0 Å². The number of likely N-dealkylation sites (N-methyl/N-ethyl adjacent to an activating group) is 1. The highest BCUT2D eigenvalue weighted by Crippen LogP contribution is 2.04. The van der Waals surface area contributed by atoms with E-state index in [1.165, 1.54) is 6.92 Å². The van der Waals surface area contributed by atoms with Crippen molar-refractivity contribution in [1.29, 1.82) is 0 Å². The zero-order valence-corrected chi connectivity index (χ0v) is 11.7. The lowest BCUT2D eigenvalue weighted by Crippen LogP contribution is -2.40. The number of unbranched alkanes of at least 4 members (excludes halogenated alkanes) is 1. The molecule has 0 aromatic rings. The standard InChI is InChI=1S/C10H21N3O2.C2H6/c1-8(14)12-7-5-4-6-9(10(11)15)13(2)3;1-2/h9H,4-7H2,1-3H3,(H2,11,15)(H,12,14);1-2H3. The molecule has 0 aromatic heterocycles. The van der Waals surface area contributed by atoms with Gasteiger partial charge >= 0.3 is 0 Å². The molecule has 0 spiro atoms. The van der Waals surface area contributed by atoms with Crippen molar-refractivity contribution in [2.75, 3.05) is 20.6 Å². The van der Waals surface area contributed by atoms with Crippen molar-refractivity contribution in [3.8, 4) is 0 Å². The molecular weight excluding hydrogens is 218 g/mol. The number of carbonyl (C=O) groups excluding carboxylic acids is 2. The molecule has 0 aliphatic heterocycles. The second kappa shape index (κ2) is 11.4. The van der Waals surface area contributed by atoms with Gasteiger partial charge in [-0.3, -0.25) is 14.5 Å². The van der Waals surface area contributed by atoms with Gasteiger partial charge in [-0.1, -0.05) is 13.8 Å². The van der Waals surface area contributed by atoms with E-state index in [-0.39, 0.29) is 17.9 Å². The number of nitrogens with zero attached hydrogens (tertiary/aromatic N) is 1. The van der Waals surface area contributed by atoms with Gasteiger partial charge in [-0.2, -0.15) is 0 Å².